The van der Waals surface area contributed by atoms with Gasteiger partial charge in [-0.2, -0.15) is 0 Å². The number of nitrogens with zero attached hydrogens (tertiary/aromatic N) is 2. The fraction of sp³-hybridized carbons (Fsp3) is 0.471. The molecule has 0 aliphatic heterocycles. The summed E-state index contributed by atoms with van der Waals surface area (Å²) in [7, 11) is 0. The third-order valence-corrected chi connectivity index (χ3v) is 5.43. The van der Waals surface area contributed by atoms with Crippen LogP contribution in [0.1, 0.15) is 38.5 Å². The molecule has 1 aliphatic carbocycles. The molecule has 0 unspecified atom stereocenters. The number of aromatic nitrogens is 3. The van der Waals surface area contributed by atoms with Gasteiger partial charge in [0.1, 0.15) is 5.78 Å². The average Bonchev–Trinajstić information content (AvgIpc) is 3.03. The number of nitrogens with one attached hydrogen (secondary N) is 1. The van der Waals surface area contributed by atoms with Gasteiger partial charge in [-0.3, -0.25) is 9.89 Å². The van der Waals surface area contributed by atoms with Gasteiger partial charge >= 0.3 is 0 Å². The molecule has 6 heteroatoms. The van der Waals surface area contributed by atoms with Crippen molar-refractivity contribution in [3.63, 3.8) is 0 Å². The first kappa shape index (κ1) is 16.5. The van der Waals surface area contributed by atoms with Gasteiger partial charge in [0.05, 0.1) is 10.8 Å². The van der Waals surface area contributed by atoms with Crippen LogP contribution < -0.4 is 0 Å². The summed E-state index contributed by atoms with van der Waals surface area (Å²) in [5.74, 6) is 1.96. The molecule has 1 N–H and O–H groups in total. The number of hydrogen-bond donors (Lipinski definition) is 1. The Morgan fingerprint density at radius 1 is 1.26 bits per heavy atom. The molecule has 1 fully saturated rings. The Kier molecular flexibility index (Phi) is 5.73. The minimum absolute atomic E-state index is 0.297. The lowest BCUT2D eigenvalue weighted by atomic mass is 9.86. The zero-order valence-electron chi connectivity index (χ0n) is 12.9. The topological polar surface area (TPSA) is 58.6 Å². The van der Waals surface area contributed by atoms with Crippen LogP contribution in [0.15, 0.2) is 29.4 Å². The van der Waals surface area contributed by atoms with E-state index in [1.807, 2.05) is 24.3 Å². The molecule has 1 aliphatic rings. The fourth-order valence-electron chi connectivity index (χ4n) is 3.00. The number of aromatic amines is 1. The number of hydrogen-bond acceptors (Lipinski definition) is 4. The molecule has 2 aromatic rings. The van der Waals surface area contributed by atoms with E-state index < -0.39 is 0 Å². The predicted molar refractivity (Wildman–Crippen MR) is 93.8 cm³/mol. The fourth-order valence-corrected chi connectivity index (χ4v) is 3.90. The van der Waals surface area contributed by atoms with Gasteiger partial charge < -0.3 is 0 Å². The summed E-state index contributed by atoms with van der Waals surface area (Å²) in [6, 6.07) is 7.50. The number of carbonyl (C=O) groups excluding carboxylic acids is 1. The van der Waals surface area contributed by atoms with Crippen LogP contribution in [0.3, 0.4) is 0 Å². The summed E-state index contributed by atoms with van der Waals surface area (Å²) in [6.07, 6.45) is 6.97. The van der Waals surface area contributed by atoms with Crippen LogP contribution in [0.25, 0.3) is 11.4 Å². The molecule has 0 saturated heterocycles. The lowest BCUT2D eigenvalue weighted by Crippen LogP contribution is -2.13. The Labute approximate surface area is 145 Å². The van der Waals surface area contributed by atoms with Crippen LogP contribution >= 0.6 is 23.4 Å². The summed E-state index contributed by atoms with van der Waals surface area (Å²) >= 11 is 7.55. The van der Waals surface area contributed by atoms with Crippen molar-refractivity contribution in [1.82, 2.24) is 15.2 Å². The van der Waals surface area contributed by atoms with E-state index in [2.05, 4.69) is 15.2 Å². The van der Waals surface area contributed by atoms with Crippen LogP contribution in [-0.2, 0) is 4.79 Å². The first-order chi connectivity index (χ1) is 11.2. The molecule has 0 bridgehead atoms. The molecule has 4 nitrogen and oxygen atoms in total. The number of benzene rings is 1. The summed E-state index contributed by atoms with van der Waals surface area (Å²) < 4.78 is 0. The van der Waals surface area contributed by atoms with Crippen molar-refractivity contribution in [2.24, 2.45) is 5.92 Å². The number of Topliss-reactive ketones (excluding diaryl/α,β-unsaturated/α-hetero) is 1. The molecule has 3 rings (SSSR count). The Balaban J connectivity index is 1.53. The minimum Gasteiger partial charge on any atom is -0.299 e. The summed E-state index contributed by atoms with van der Waals surface area (Å²) in [6.45, 7) is 0. The molecule has 23 heavy (non-hydrogen) atoms. The Bertz CT molecular complexity index is 667. The molecule has 0 radical (unpaired) electrons. The van der Waals surface area contributed by atoms with E-state index in [9.17, 15) is 4.79 Å². The SMILES string of the molecule is O=C(CSc1n[nH]c(-c2ccccc2Cl)n1)CC1CCCCC1. The number of H-pyrrole nitrogens is 1. The highest BCUT2D eigenvalue weighted by atomic mass is 35.5. The van der Waals surface area contributed by atoms with Crippen molar-refractivity contribution in [3.05, 3.63) is 29.3 Å². The predicted octanol–water partition coefficient (Wildman–Crippen LogP) is 4.76. The van der Waals surface area contributed by atoms with Crippen LogP contribution in [0.4, 0.5) is 0 Å². The molecule has 1 aromatic carbocycles. The first-order valence-electron chi connectivity index (χ1n) is 8.04. The van der Waals surface area contributed by atoms with Crippen molar-refractivity contribution in [3.8, 4) is 11.4 Å². The number of ketones is 1. The van der Waals surface area contributed by atoms with E-state index in [-0.39, 0.29) is 0 Å². The van der Waals surface area contributed by atoms with Crippen molar-refractivity contribution >= 4 is 29.1 Å². The zero-order valence-corrected chi connectivity index (χ0v) is 14.5. The normalized spacial score (nSPS) is 15.7. The van der Waals surface area contributed by atoms with Crippen LogP contribution in [0.2, 0.25) is 5.02 Å². The van der Waals surface area contributed by atoms with Crippen LogP contribution in [0.5, 0.6) is 0 Å². The highest BCUT2D eigenvalue weighted by Crippen LogP contribution is 2.28. The molecule has 0 amide bonds. The largest absolute Gasteiger partial charge is 0.299 e. The molecule has 122 valence electrons. The average molecular weight is 350 g/mol. The number of thioether (sulfide) groups is 1. The van der Waals surface area contributed by atoms with E-state index >= 15 is 0 Å². The molecule has 0 spiro atoms. The summed E-state index contributed by atoms with van der Waals surface area (Å²) in [4.78, 5) is 16.5. The smallest absolute Gasteiger partial charge is 0.209 e. The summed E-state index contributed by atoms with van der Waals surface area (Å²) in [5, 5.41) is 8.29. The monoisotopic (exact) mass is 349 g/mol. The lowest BCUT2D eigenvalue weighted by molar-refractivity contribution is -0.117. The van der Waals surface area contributed by atoms with E-state index in [0.29, 0.717) is 39.9 Å². The minimum atomic E-state index is 0.297. The highest BCUT2D eigenvalue weighted by molar-refractivity contribution is 7.99. The molecule has 1 aromatic heterocycles. The van der Waals surface area contributed by atoms with Crippen molar-refractivity contribution in [2.75, 3.05) is 5.75 Å². The molecular weight excluding hydrogens is 330 g/mol. The third-order valence-electron chi connectivity index (χ3n) is 4.20. The second-order valence-corrected chi connectivity index (χ2v) is 7.33. The molecule has 1 saturated carbocycles. The van der Waals surface area contributed by atoms with Gasteiger partial charge in [-0.25, -0.2) is 4.98 Å². The van der Waals surface area contributed by atoms with Gasteiger partial charge in [-0.05, 0) is 18.1 Å². The van der Waals surface area contributed by atoms with Crippen molar-refractivity contribution < 1.29 is 4.79 Å². The third kappa shape index (κ3) is 4.58. The second-order valence-electron chi connectivity index (χ2n) is 5.98. The number of halogens is 1. The van der Waals surface area contributed by atoms with Gasteiger partial charge in [0, 0.05) is 12.0 Å². The first-order valence-corrected chi connectivity index (χ1v) is 9.40. The Hall–Kier alpha value is -1.33. The second kappa shape index (κ2) is 7.97. The van der Waals surface area contributed by atoms with Gasteiger partial charge in [0.25, 0.3) is 0 Å². The molecule has 1 heterocycles. The van der Waals surface area contributed by atoms with Gasteiger partial charge in [-0.15, -0.1) is 5.10 Å². The van der Waals surface area contributed by atoms with E-state index in [1.165, 1.54) is 43.9 Å². The van der Waals surface area contributed by atoms with E-state index in [1.54, 1.807) is 0 Å². The van der Waals surface area contributed by atoms with Crippen molar-refractivity contribution in [2.45, 2.75) is 43.7 Å². The van der Waals surface area contributed by atoms with E-state index in [4.69, 9.17) is 11.6 Å². The van der Waals surface area contributed by atoms with Crippen LogP contribution in [-0.4, -0.2) is 26.7 Å². The van der Waals surface area contributed by atoms with E-state index in [0.717, 1.165) is 5.56 Å². The molecular formula is C17H20ClN3OS. The maximum atomic E-state index is 12.1. The quantitative estimate of drug-likeness (QED) is 0.764. The van der Waals surface area contributed by atoms with Gasteiger partial charge in [0.15, 0.2) is 5.82 Å². The lowest BCUT2D eigenvalue weighted by Gasteiger charge is -2.20. The zero-order chi connectivity index (χ0) is 16.1. The Morgan fingerprint density at radius 2 is 2.04 bits per heavy atom. The standard InChI is InChI=1S/C17H20ClN3OS/c18-15-9-5-4-8-14(15)16-19-17(21-20-16)23-11-13(22)10-12-6-2-1-3-7-12/h4-5,8-9,12H,1-3,6-7,10-11H2,(H,19,20,21). The summed E-state index contributed by atoms with van der Waals surface area (Å²) in [5.41, 5.74) is 0.821. The highest BCUT2D eigenvalue weighted by Gasteiger charge is 2.18. The maximum absolute atomic E-state index is 12.1. The molecule has 0 atom stereocenters. The van der Waals surface area contributed by atoms with Crippen molar-refractivity contribution in [1.29, 1.82) is 0 Å². The Morgan fingerprint density at radius 3 is 2.83 bits per heavy atom. The number of rotatable bonds is 6. The maximum Gasteiger partial charge on any atom is 0.209 e. The van der Waals surface area contributed by atoms with Crippen LogP contribution in [0, 0.1) is 5.92 Å². The number of carbonyl (C=O) groups is 1. The van der Waals surface area contributed by atoms with Gasteiger partial charge in [-0.1, -0.05) is 67.6 Å². The van der Waals surface area contributed by atoms with Gasteiger partial charge in [0.2, 0.25) is 5.16 Å².